The molecule has 1 spiro atoms. The van der Waals surface area contributed by atoms with Crippen molar-refractivity contribution in [2.24, 2.45) is 11.3 Å². The number of benzene rings is 1. The minimum atomic E-state index is -1.000. The van der Waals surface area contributed by atoms with Crippen LogP contribution in [0.2, 0.25) is 0 Å². The third kappa shape index (κ3) is 4.67. The molecule has 3 heterocycles. The lowest BCUT2D eigenvalue weighted by atomic mass is 9.72. The maximum absolute atomic E-state index is 13.6. The second kappa shape index (κ2) is 10.1. The Balaban J connectivity index is 1.38. The van der Waals surface area contributed by atoms with E-state index in [1.165, 1.54) is 6.42 Å². The van der Waals surface area contributed by atoms with Gasteiger partial charge < -0.3 is 25.5 Å². The van der Waals surface area contributed by atoms with Gasteiger partial charge in [-0.05, 0) is 55.7 Å². The van der Waals surface area contributed by atoms with Crippen molar-refractivity contribution in [2.45, 2.75) is 69.7 Å². The van der Waals surface area contributed by atoms with Crippen LogP contribution in [-0.4, -0.2) is 59.1 Å². The molecule has 2 amide bonds. The van der Waals surface area contributed by atoms with Crippen molar-refractivity contribution in [2.75, 3.05) is 20.2 Å². The zero-order valence-corrected chi connectivity index (χ0v) is 20.8. The molecule has 3 fully saturated rings. The van der Waals surface area contributed by atoms with E-state index in [0.717, 1.165) is 42.3 Å². The molecule has 4 N–H and O–H groups in total. The van der Waals surface area contributed by atoms with Crippen LogP contribution in [0.25, 0.3) is 10.9 Å². The summed E-state index contributed by atoms with van der Waals surface area (Å²) in [7, 11) is 1.62. The quantitative estimate of drug-likeness (QED) is 0.469. The molecule has 1 aliphatic carbocycles. The molecule has 2 aliphatic heterocycles. The second-order valence-electron chi connectivity index (χ2n) is 10.7. The Labute approximate surface area is 211 Å². The minimum absolute atomic E-state index is 0.0155. The molecule has 1 aromatic carbocycles. The van der Waals surface area contributed by atoms with Crippen LogP contribution < -0.4 is 15.4 Å². The van der Waals surface area contributed by atoms with E-state index in [1.807, 2.05) is 29.2 Å². The van der Waals surface area contributed by atoms with E-state index in [1.54, 1.807) is 7.11 Å². The first kappa shape index (κ1) is 24.6. The highest BCUT2D eigenvalue weighted by Gasteiger charge is 2.49. The molecule has 2 saturated heterocycles. The van der Waals surface area contributed by atoms with Crippen molar-refractivity contribution in [1.29, 1.82) is 5.26 Å². The number of likely N-dealkylation sites (tertiary alicyclic amines) is 1. The van der Waals surface area contributed by atoms with Gasteiger partial charge in [0.2, 0.25) is 11.8 Å². The molecule has 1 saturated carbocycles. The zero-order valence-electron chi connectivity index (χ0n) is 20.8. The van der Waals surface area contributed by atoms with E-state index >= 15 is 0 Å². The topological polar surface area (TPSA) is 130 Å². The lowest BCUT2D eigenvalue weighted by molar-refractivity contribution is -0.130. The van der Waals surface area contributed by atoms with Gasteiger partial charge >= 0.3 is 0 Å². The number of nitrogens with zero attached hydrogens (tertiary/aromatic N) is 2. The van der Waals surface area contributed by atoms with Gasteiger partial charge in [0.15, 0.2) is 0 Å². The minimum Gasteiger partial charge on any atom is -0.496 e. The van der Waals surface area contributed by atoms with Gasteiger partial charge in [0, 0.05) is 29.9 Å². The number of aliphatic hydroxyl groups excluding tert-OH is 1. The Morgan fingerprint density at radius 1 is 1.36 bits per heavy atom. The number of nitrogens with one attached hydrogen (secondary N) is 3. The Morgan fingerprint density at radius 3 is 2.86 bits per heavy atom. The van der Waals surface area contributed by atoms with E-state index < -0.39 is 18.3 Å². The van der Waals surface area contributed by atoms with Gasteiger partial charge in [-0.1, -0.05) is 25.3 Å². The Morgan fingerprint density at radius 2 is 2.17 bits per heavy atom. The fourth-order valence-electron chi connectivity index (χ4n) is 6.46. The van der Waals surface area contributed by atoms with Gasteiger partial charge in [0.1, 0.15) is 18.0 Å². The monoisotopic (exact) mass is 493 g/mol. The highest BCUT2D eigenvalue weighted by Crippen LogP contribution is 2.48. The van der Waals surface area contributed by atoms with Crippen molar-refractivity contribution >= 4 is 22.7 Å². The van der Waals surface area contributed by atoms with Gasteiger partial charge in [-0.15, -0.1) is 0 Å². The standard InChI is InChI=1S/C27H35N5O4/c1-36-23-7-5-6-20-19(23)13-21(31-20)26(35)32-16-27(9-3-2-4-10-27)14-22(32)25(34)30-18(15-28)12-17-8-11-29-24(17)33/h5-7,13,17-18,22,26,31,35H,2-4,8-12,14,16H2,1H3,(H,29,33)(H,30,34). The molecule has 4 unspecified atom stereocenters. The van der Waals surface area contributed by atoms with Crippen LogP contribution in [0, 0.1) is 22.7 Å². The molecule has 0 bridgehead atoms. The fraction of sp³-hybridized carbons (Fsp3) is 0.593. The van der Waals surface area contributed by atoms with Crippen molar-refractivity contribution in [3.8, 4) is 11.8 Å². The highest BCUT2D eigenvalue weighted by atomic mass is 16.5. The summed E-state index contributed by atoms with van der Waals surface area (Å²) in [6.07, 6.45) is 6.14. The van der Waals surface area contributed by atoms with Crippen LogP contribution in [0.1, 0.15) is 63.3 Å². The average Bonchev–Trinajstić information content (AvgIpc) is 3.60. The van der Waals surface area contributed by atoms with Crippen LogP contribution >= 0.6 is 0 Å². The summed E-state index contributed by atoms with van der Waals surface area (Å²) in [6, 6.07) is 8.45. The Kier molecular flexibility index (Phi) is 6.91. The summed E-state index contributed by atoms with van der Waals surface area (Å²) in [5.41, 5.74) is 1.45. The number of hydrogen-bond donors (Lipinski definition) is 4. The smallest absolute Gasteiger partial charge is 0.238 e. The third-order valence-electron chi connectivity index (χ3n) is 8.37. The van der Waals surface area contributed by atoms with Crippen LogP contribution in [0.3, 0.4) is 0 Å². The molecule has 9 heteroatoms. The molecule has 5 rings (SSSR count). The average molecular weight is 494 g/mol. The number of ether oxygens (including phenoxy) is 1. The number of carbonyl (C=O) groups excluding carboxylic acids is 2. The number of fused-ring (bicyclic) bond motifs is 1. The van der Waals surface area contributed by atoms with Crippen LogP contribution in [0.5, 0.6) is 5.75 Å². The van der Waals surface area contributed by atoms with Crippen LogP contribution in [-0.2, 0) is 9.59 Å². The van der Waals surface area contributed by atoms with Gasteiger partial charge in [-0.3, -0.25) is 14.5 Å². The molecule has 36 heavy (non-hydrogen) atoms. The lowest BCUT2D eigenvalue weighted by Crippen LogP contribution is -2.48. The van der Waals surface area contributed by atoms with E-state index in [0.29, 0.717) is 38.0 Å². The SMILES string of the molecule is COc1cccc2[nH]c(C(O)N3CC4(CCCCC4)CC3C(=O)NC(C#N)CC3CCNC3=O)cc12. The van der Waals surface area contributed by atoms with Crippen LogP contribution in [0.15, 0.2) is 24.3 Å². The van der Waals surface area contributed by atoms with E-state index in [4.69, 9.17) is 4.74 Å². The largest absolute Gasteiger partial charge is 0.496 e. The van der Waals surface area contributed by atoms with Crippen LogP contribution in [0.4, 0.5) is 0 Å². The number of aliphatic hydroxyl groups is 1. The molecular weight excluding hydrogens is 458 g/mol. The zero-order chi connectivity index (χ0) is 25.3. The Hall–Kier alpha value is -3.09. The highest BCUT2D eigenvalue weighted by molar-refractivity contribution is 5.87. The molecule has 0 radical (unpaired) electrons. The third-order valence-corrected chi connectivity index (χ3v) is 8.37. The molecule has 192 valence electrons. The summed E-state index contributed by atoms with van der Waals surface area (Å²) >= 11 is 0. The number of hydrogen-bond acceptors (Lipinski definition) is 6. The number of amides is 2. The van der Waals surface area contributed by atoms with Gasteiger partial charge in [-0.2, -0.15) is 5.26 Å². The van der Waals surface area contributed by atoms with E-state index in [9.17, 15) is 20.0 Å². The summed E-state index contributed by atoms with van der Waals surface area (Å²) in [4.78, 5) is 30.8. The number of methoxy groups -OCH3 is 1. The van der Waals surface area contributed by atoms with Crippen molar-refractivity contribution < 1.29 is 19.4 Å². The molecular formula is C27H35N5O4. The summed E-state index contributed by atoms with van der Waals surface area (Å²) in [5, 5.41) is 27.8. The summed E-state index contributed by atoms with van der Waals surface area (Å²) < 4.78 is 5.48. The number of rotatable bonds is 7. The van der Waals surface area contributed by atoms with Gasteiger partial charge in [-0.25, -0.2) is 0 Å². The van der Waals surface area contributed by atoms with Gasteiger partial charge in [0.05, 0.1) is 24.9 Å². The van der Waals surface area contributed by atoms with Crippen molar-refractivity contribution in [3.63, 3.8) is 0 Å². The summed E-state index contributed by atoms with van der Waals surface area (Å²) in [5.74, 6) is 0.147. The molecule has 1 aromatic heterocycles. The lowest BCUT2D eigenvalue weighted by Gasteiger charge is -2.34. The maximum atomic E-state index is 13.6. The van der Waals surface area contributed by atoms with E-state index in [-0.39, 0.29) is 23.1 Å². The number of carbonyl (C=O) groups is 2. The predicted molar refractivity (Wildman–Crippen MR) is 134 cm³/mol. The molecule has 9 nitrogen and oxygen atoms in total. The normalized spacial score (nSPS) is 25.4. The van der Waals surface area contributed by atoms with Crippen molar-refractivity contribution in [1.82, 2.24) is 20.5 Å². The number of aromatic nitrogens is 1. The summed E-state index contributed by atoms with van der Waals surface area (Å²) in [6.45, 7) is 1.23. The number of H-pyrrole nitrogens is 1. The molecule has 3 aliphatic rings. The van der Waals surface area contributed by atoms with E-state index in [2.05, 4.69) is 21.7 Å². The number of nitriles is 1. The number of aromatic amines is 1. The Bertz CT molecular complexity index is 1160. The first-order chi connectivity index (χ1) is 17.4. The van der Waals surface area contributed by atoms with Gasteiger partial charge in [0.25, 0.3) is 0 Å². The predicted octanol–water partition coefficient (Wildman–Crippen LogP) is 2.73. The molecule has 4 atom stereocenters. The molecule has 2 aromatic rings. The van der Waals surface area contributed by atoms with Crippen molar-refractivity contribution in [3.05, 3.63) is 30.0 Å². The fourth-order valence-corrected chi connectivity index (χ4v) is 6.46. The first-order valence-corrected chi connectivity index (χ1v) is 13.0. The maximum Gasteiger partial charge on any atom is 0.238 e. The second-order valence-corrected chi connectivity index (χ2v) is 10.7. The first-order valence-electron chi connectivity index (χ1n) is 13.0.